The number of nitrogens with two attached hydrogens (primary N) is 2. The molecule has 0 aliphatic carbocycles. The van der Waals surface area contributed by atoms with Gasteiger partial charge in [0, 0.05) is 5.38 Å². The molecule has 0 aliphatic rings. The molecule has 0 spiro atoms. The number of rotatable bonds is 1. The molecule has 0 aliphatic heterocycles. The molecule has 5 N–H and O–H groups in total. The molecule has 6 heteroatoms. The molecule has 0 amide bonds. The van der Waals surface area contributed by atoms with Gasteiger partial charge in [0.05, 0.1) is 0 Å². The number of aryl methyl sites for hydroxylation is 1. The van der Waals surface area contributed by atoms with Crippen molar-refractivity contribution in [2.45, 2.75) is 6.92 Å². The lowest BCUT2D eigenvalue weighted by molar-refractivity contribution is -0.355. The van der Waals surface area contributed by atoms with Crippen molar-refractivity contribution in [2.75, 3.05) is 0 Å². The largest absolute Gasteiger partial charge is 1.00 e. The zero-order valence-electron chi connectivity index (χ0n) is 5.97. The number of nitrogens with zero attached hydrogens (tertiary/aromatic N) is 1. The van der Waals surface area contributed by atoms with Crippen molar-refractivity contribution in [3.63, 3.8) is 0 Å². The van der Waals surface area contributed by atoms with Crippen molar-refractivity contribution in [3.05, 3.63) is 11.1 Å². The van der Waals surface area contributed by atoms with Gasteiger partial charge in [-0.15, -0.1) is 4.98 Å². The van der Waals surface area contributed by atoms with Crippen LogP contribution in [0.25, 0.3) is 0 Å². The summed E-state index contributed by atoms with van der Waals surface area (Å²) in [4.78, 5) is 6.78. The maximum atomic E-state index is 5.18. The molecule has 0 unspecified atom stereocenters. The molecule has 0 saturated carbocycles. The zero-order valence-corrected chi connectivity index (χ0v) is 7.54. The Kier molecular flexibility index (Phi) is 3.84. The maximum absolute atomic E-state index is 5.18. The zero-order chi connectivity index (χ0) is 7.56. The van der Waals surface area contributed by atoms with E-state index in [0.717, 1.165) is 10.8 Å². The first-order valence-electron chi connectivity index (χ1n) is 2.75. The monoisotopic (exact) mass is 192 g/mol. The predicted octanol–water partition coefficient (Wildman–Crippen LogP) is -4.56. The van der Waals surface area contributed by atoms with Gasteiger partial charge in [-0.05, 0) is 6.92 Å². The summed E-state index contributed by atoms with van der Waals surface area (Å²) in [7, 11) is 0. The van der Waals surface area contributed by atoms with Crippen molar-refractivity contribution >= 4 is 22.4 Å². The van der Waals surface area contributed by atoms with E-state index in [-0.39, 0.29) is 18.4 Å². The maximum Gasteiger partial charge on any atom is 0.303 e. The van der Waals surface area contributed by atoms with Gasteiger partial charge >= 0.3 is 5.96 Å². The summed E-state index contributed by atoms with van der Waals surface area (Å²) in [5.41, 5.74) is 11.3. The number of hydrogen-bond acceptors (Lipinski definition) is 2. The molecule has 1 aromatic rings. The third kappa shape index (κ3) is 3.20. The van der Waals surface area contributed by atoms with Gasteiger partial charge in [-0.3, -0.25) is 0 Å². The van der Waals surface area contributed by atoms with Crippen LogP contribution < -0.4 is 28.9 Å². The van der Waals surface area contributed by atoms with Crippen molar-refractivity contribution in [1.29, 1.82) is 0 Å². The van der Waals surface area contributed by atoms with Crippen LogP contribution in [-0.4, -0.2) is 10.9 Å². The second-order valence-corrected chi connectivity index (χ2v) is 2.73. The van der Waals surface area contributed by atoms with Crippen LogP contribution in [0.4, 0.5) is 5.13 Å². The molecule has 62 valence electrons. The Labute approximate surface area is 74.7 Å². The molecule has 4 nitrogen and oxygen atoms in total. The smallest absolute Gasteiger partial charge is 0.303 e. The molecule has 0 fully saturated rings. The van der Waals surface area contributed by atoms with Gasteiger partial charge in [-0.1, -0.05) is 11.3 Å². The van der Waals surface area contributed by atoms with E-state index in [1.54, 1.807) is 0 Å². The van der Waals surface area contributed by atoms with Gasteiger partial charge in [0.1, 0.15) is 5.69 Å². The Balaban J connectivity index is 0.000001000. The van der Waals surface area contributed by atoms with Crippen LogP contribution in [0.3, 0.4) is 0 Å². The van der Waals surface area contributed by atoms with Gasteiger partial charge in [0.15, 0.2) is 0 Å². The Bertz CT molecular complexity index is 253. The van der Waals surface area contributed by atoms with Crippen molar-refractivity contribution < 1.29 is 17.4 Å². The second kappa shape index (κ2) is 4.15. The minimum atomic E-state index is 0. The fourth-order valence-electron chi connectivity index (χ4n) is 0.535. The van der Waals surface area contributed by atoms with Crippen LogP contribution in [0.2, 0.25) is 0 Å². The number of nitrogens with one attached hydrogen (secondary N) is 1. The second-order valence-electron chi connectivity index (χ2n) is 1.87. The van der Waals surface area contributed by atoms with E-state index >= 15 is 0 Å². The normalized spacial score (nSPS) is 8.45. The molecule has 0 saturated heterocycles. The summed E-state index contributed by atoms with van der Waals surface area (Å²) in [6, 6.07) is 0. The fraction of sp³-hybridized carbons (Fsp3) is 0.200. The number of aromatic nitrogens is 1. The van der Waals surface area contributed by atoms with Crippen LogP contribution in [0.5, 0.6) is 0 Å². The third-order valence-corrected chi connectivity index (χ3v) is 1.75. The van der Waals surface area contributed by atoms with Crippen molar-refractivity contribution in [1.82, 2.24) is 4.98 Å². The first-order chi connectivity index (χ1) is 4.68. The lowest BCUT2D eigenvalue weighted by Gasteiger charge is -1.79. The lowest BCUT2D eigenvalue weighted by atomic mass is 10.6. The Morgan fingerprint density at radius 1 is 1.64 bits per heavy atom. The predicted molar refractivity (Wildman–Crippen MR) is 40.9 cm³/mol. The summed E-state index contributed by atoms with van der Waals surface area (Å²) in [6.07, 6.45) is 0. The summed E-state index contributed by atoms with van der Waals surface area (Å²) in [5, 5.41) is 2.66. The molecule has 0 aromatic carbocycles. The molecule has 0 radical (unpaired) electrons. The van der Waals surface area contributed by atoms with Gasteiger partial charge in [0.2, 0.25) is 0 Å². The van der Waals surface area contributed by atoms with Crippen molar-refractivity contribution in [2.24, 2.45) is 11.5 Å². The average Bonchev–Trinajstić information content (AvgIpc) is 2.13. The van der Waals surface area contributed by atoms with Gasteiger partial charge in [-0.2, -0.15) is 0 Å². The van der Waals surface area contributed by atoms with E-state index in [1.165, 1.54) is 11.3 Å². The summed E-state index contributed by atoms with van der Waals surface area (Å²) in [5.74, 6) is 0.175. The molecule has 1 aromatic heterocycles. The summed E-state index contributed by atoms with van der Waals surface area (Å²) < 4.78 is 0. The van der Waals surface area contributed by atoms with Crippen LogP contribution in [0, 0.1) is 6.92 Å². The van der Waals surface area contributed by atoms with Gasteiger partial charge < -0.3 is 23.9 Å². The van der Waals surface area contributed by atoms with Crippen LogP contribution in [0.1, 0.15) is 5.69 Å². The Hall–Kier alpha value is -0.810. The SMILES string of the molecule is Cc1csc([NH+]=C(N)N)n1.[Cl-]. The van der Waals surface area contributed by atoms with Crippen LogP contribution >= 0.6 is 11.3 Å². The summed E-state index contributed by atoms with van der Waals surface area (Å²) in [6.45, 7) is 1.91. The van der Waals surface area contributed by atoms with Crippen LogP contribution in [0.15, 0.2) is 5.38 Å². The minimum Gasteiger partial charge on any atom is -1.00 e. The molecular weight excluding hydrogens is 184 g/mol. The van der Waals surface area contributed by atoms with Crippen molar-refractivity contribution in [3.8, 4) is 0 Å². The molecule has 1 heterocycles. The highest BCUT2D eigenvalue weighted by molar-refractivity contribution is 7.12. The molecule has 0 bridgehead atoms. The van der Waals surface area contributed by atoms with Crippen LogP contribution in [-0.2, 0) is 0 Å². The number of thiazole rings is 1. The van der Waals surface area contributed by atoms with Gasteiger partial charge in [-0.25, -0.2) is 4.99 Å². The molecule has 0 atom stereocenters. The number of halogens is 1. The minimum absolute atomic E-state index is 0. The van der Waals surface area contributed by atoms with E-state index in [2.05, 4.69) is 9.98 Å². The van der Waals surface area contributed by atoms with E-state index in [9.17, 15) is 0 Å². The lowest BCUT2D eigenvalue weighted by Crippen LogP contribution is -3.00. The number of guanidine groups is 1. The molecule has 11 heavy (non-hydrogen) atoms. The first kappa shape index (κ1) is 10.2. The highest BCUT2D eigenvalue weighted by Gasteiger charge is 1.98. The third-order valence-electron chi connectivity index (χ3n) is 0.870. The Morgan fingerprint density at radius 3 is 2.64 bits per heavy atom. The van der Waals surface area contributed by atoms with E-state index in [4.69, 9.17) is 11.5 Å². The first-order valence-corrected chi connectivity index (χ1v) is 3.63. The molecule has 1 rings (SSSR count). The summed E-state index contributed by atoms with van der Waals surface area (Å²) >= 11 is 1.47. The van der Waals surface area contributed by atoms with E-state index in [1.807, 2.05) is 12.3 Å². The van der Waals surface area contributed by atoms with E-state index < -0.39 is 0 Å². The highest BCUT2D eigenvalue weighted by atomic mass is 35.5. The average molecular weight is 193 g/mol. The fourth-order valence-corrected chi connectivity index (χ4v) is 1.24. The quantitative estimate of drug-likeness (QED) is 0.310. The topological polar surface area (TPSA) is 78.9 Å². The Morgan fingerprint density at radius 2 is 2.27 bits per heavy atom. The molecular formula is C5H9ClN4S. The number of hydrogen-bond donors (Lipinski definition) is 3. The van der Waals surface area contributed by atoms with Gasteiger partial charge in [0.25, 0.3) is 5.13 Å². The highest BCUT2D eigenvalue weighted by Crippen LogP contribution is 2.06. The van der Waals surface area contributed by atoms with E-state index in [0.29, 0.717) is 0 Å². The standard InChI is InChI=1S/C5H8N4S.ClH/c1-3-2-10-5(8-3)9-4(6)7;/h2H,1H3,(H4,6,7,8,9);1H.